The van der Waals surface area contributed by atoms with Crippen molar-refractivity contribution in [1.82, 2.24) is 0 Å². The van der Waals surface area contributed by atoms with Crippen LogP contribution in [-0.2, 0) is 0 Å². The van der Waals surface area contributed by atoms with Crippen LogP contribution in [0.25, 0.3) is 0 Å². The zero-order valence-electron chi connectivity index (χ0n) is 12.9. The Morgan fingerprint density at radius 2 is 1.84 bits per heavy atom. The molecule has 0 aromatic heterocycles. The van der Waals surface area contributed by atoms with E-state index < -0.39 is 0 Å². The molecule has 108 valence electrons. The highest BCUT2D eigenvalue weighted by Gasteiger charge is 2.09. The largest absolute Gasteiger partial charge is 0.401 e. The predicted molar refractivity (Wildman–Crippen MR) is 86.6 cm³/mol. The van der Waals surface area contributed by atoms with Crippen molar-refractivity contribution >= 4 is 0 Å². The Hall–Kier alpha value is -1.28. The molecule has 2 heteroatoms. The summed E-state index contributed by atoms with van der Waals surface area (Å²) >= 11 is 0. The second-order valence-corrected chi connectivity index (χ2v) is 5.22. The second-order valence-electron chi connectivity index (χ2n) is 5.22. The lowest BCUT2D eigenvalue weighted by molar-refractivity contribution is 0.739. The van der Waals surface area contributed by atoms with Crippen LogP contribution >= 0.6 is 0 Å². The van der Waals surface area contributed by atoms with E-state index in [0.717, 1.165) is 18.5 Å². The third kappa shape index (κ3) is 7.02. The Balaban J connectivity index is 5.13. The molecule has 1 unspecified atom stereocenters. The average molecular weight is 262 g/mol. The van der Waals surface area contributed by atoms with Gasteiger partial charge >= 0.3 is 0 Å². The smallest absolute Gasteiger partial charge is 0.0323 e. The van der Waals surface area contributed by atoms with E-state index in [1.165, 1.54) is 11.1 Å². The quantitative estimate of drug-likeness (QED) is 0.514. The van der Waals surface area contributed by atoms with Crippen molar-refractivity contribution in [3.63, 3.8) is 0 Å². The van der Waals surface area contributed by atoms with Crippen LogP contribution in [0.15, 0.2) is 47.7 Å². The van der Waals surface area contributed by atoms with Gasteiger partial charge in [-0.25, -0.2) is 0 Å². The molecule has 0 aliphatic rings. The summed E-state index contributed by atoms with van der Waals surface area (Å²) in [6.07, 6.45) is 10.6. The minimum atomic E-state index is 0.305. The Kier molecular flexibility index (Phi) is 8.98. The lowest BCUT2D eigenvalue weighted by Gasteiger charge is -2.17. The van der Waals surface area contributed by atoms with Gasteiger partial charge < -0.3 is 11.5 Å². The molecule has 0 saturated heterocycles. The minimum absolute atomic E-state index is 0.305. The second kappa shape index (κ2) is 9.62. The molecule has 0 saturated carbocycles. The molecule has 1 atom stereocenters. The van der Waals surface area contributed by atoms with Gasteiger partial charge in [-0.15, -0.1) is 6.58 Å². The number of allylic oxidation sites excluding steroid dienone is 6. The van der Waals surface area contributed by atoms with Crippen molar-refractivity contribution in [2.75, 3.05) is 6.54 Å². The topological polar surface area (TPSA) is 52.0 Å². The summed E-state index contributed by atoms with van der Waals surface area (Å²) in [5.74, 6) is 0.811. The van der Waals surface area contributed by atoms with Gasteiger partial charge in [-0.05, 0) is 42.7 Å². The van der Waals surface area contributed by atoms with E-state index in [-0.39, 0.29) is 0 Å². The van der Waals surface area contributed by atoms with Crippen LogP contribution in [0.5, 0.6) is 0 Å². The van der Waals surface area contributed by atoms with E-state index in [2.05, 4.69) is 46.4 Å². The maximum Gasteiger partial charge on any atom is 0.0323 e. The minimum Gasteiger partial charge on any atom is -0.401 e. The van der Waals surface area contributed by atoms with Gasteiger partial charge in [0.05, 0.1) is 0 Å². The van der Waals surface area contributed by atoms with Crippen molar-refractivity contribution in [2.45, 2.75) is 40.5 Å². The van der Waals surface area contributed by atoms with Crippen LogP contribution in [-0.4, -0.2) is 6.54 Å². The van der Waals surface area contributed by atoms with Gasteiger partial charge in [0.1, 0.15) is 0 Å². The van der Waals surface area contributed by atoms with Crippen molar-refractivity contribution in [3.05, 3.63) is 47.7 Å². The van der Waals surface area contributed by atoms with E-state index in [4.69, 9.17) is 11.5 Å². The van der Waals surface area contributed by atoms with Gasteiger partial charge in [-0.1, -0.05) is 45.1 Å². The third-order valence-corrected chi connectivity index (χ3v) is 3.11. The summed E-state index contributed by atoms with van der Waals surface area (Å²) < 4.78 is 0. The van der Waals surface area contributed by atoms with E-state index in [1.807, 2.05) is 12.2 Å². The summed E-state index contributed by atoms with van der Waals surface area (Å²) in [7, 11) is 0. The molecule has 0 rings (SSSR count). The molecule has 2 nitrogen and oxygen atoms in total. The molecular weight excluding hydrogens is 232 g/mol. The molecular formula is C17H30N2. The summed E-state index contributed by atoms with van der Waals surface area (Å²) in [5.41, 5.74) is 14.9. The summed E-state index contributed by atoms with van der Waals surface area (Å²) in [6.45, 7) is 12.9. The van der Waals surface area contributed by atoms with Crippen molar-refractivity contribution in [3.8, 4) is 0 Å². The highest BCUT2D eigenvalue weighted by Crippen LogP contribution is 2.25. The van der Waals surface area contributed by atoms with Crippen molar-refractivity contribution in [2.24, 2.45) is 23.3 Å². The van der Waals surface area contributed by atoms with E-state index >= 15 is 0 Å². The maximum absolute atomic E-state index is 5.79. The Bertz CT molecular complexity index is 359. The fourth-order valence-electron chi connectivity index (χ4n) is 2.12. The number of nitrogens with two attached hydrogens (primary N) is 2. The fourth-order valence-corrected chi connectivity index (χ4v) is 2.12. The van der Waals surface area contributed by atoms with E-state index in [9.17, 15) is 0 Å². The van der Waals surface area contributed by atoms with Crippen LogP contribution in [0, 0.1) is 11.8 Å². The molecule has 4 N–H and O–H groups in total. The first-order valence-electron chi connectivity index (χ1n) is 7.10. The molecule has 0 aliphatic carbocycles. The first kappa shape index (κ1) is 17.7. The predicted octanol–water partition coefficient (Wildman–Crippen LogP) is 3.92. The van der Waals surface area contributed by atoms with Gasteiger partial charge in [0.2, 0.25) is 0 Å². The molecule has 0 aromatic carbocycles. The monoisotopic (exact) mass is 262 g/mol. The van der Waals surface area contributed by atoms with E-state index in [1.54, 1.807) is 0 Å². The molecule has 0 bridgehead atoms. The molecule has 0 radical (unpaired) electrons. The first-order chi connectivity index (χ1) is 8.96. The molecule has 0 spiro atoms. The SMILES string of the molecule is C=CCCC(=C\C)/C(=C/C(C)/C=C(\N)CN)C(C)C. The third-order valence-electron chi connectivity index (χ3n) is 3.11. The molecule has 19 heavy (non-hydrogen) atoms. The van der Waals surface area contributed by atoms with Crippen LogP contribution in [0.4, 0.5) is 0 Å². The average Bonchev–Trinajstić information content (AvgIpc) is 2.37. The van der Waals surface area contributed by atoms with Crippen LogP contribution in [0.1, 0.15) is 40.5 Å². The molecule has 0 amide bonds. The highest BCUT2D eigenvalue weighted by atomic mass is 14.7. The van der Waals surface area contributed by atoms with Crippen molar-refractivity contribution in [1.29, 1.82) is 0 Å². The van der Waals surface area contributed by atoms with Crippen molar-refractivity contribution < 1.29 is 0 Å². The maximum atomic E-state index is 5.79. The van der Waals surface area contributed by atoms with Gasteiger partial charge in [0.25, 0.3) is 0 Å². The molecule has 0 fully saturated rings. The molecule has 0 aliphatic heterocycles. The molecule has 0 heterocycles. The Labute approximate surface area is 118 Å². The summed E-state index contributed by atoms with van der Waals surface area (Å²) in [4.78, 5) is 0. The number of rotatable bonds is 8. The summed E-state index contributed by atoms with van der Waals surface area (Å²) in [6, 6.07) is 0. The Morgan fingerprint density at radius 3 is 2.26 bits per heavy atom. The van der Waals surface area contributed by atoms with Crippen LogP contribution in [0.3, 0.4) is 0 Å². The number of hydrogen-bond donors (Lipinski definition) is 2. The normalized spacial score (nSPS) is 15.8. The standard InChI is InChI=1S/C17H30N2/c1-6-8-9-15(7-2)17(13(3)4)11-14(5)10-16(19)12-18/h6-7,10-11,13-14H,1,8-9,12,18-19H2,2-5H3/b15-7+,16-10-,17-11+. The zero-order valence-corrected chi connectivity index (χ0v) is 12.9. The zero-order chi connectivity index (χ0) is 14.8. The van der Waals surface area contributed by atoms with Gasteiger partial charge in [-0.2, -0.15) is 0 Å². The van der Waals surface area contributed by atoms with E-state index in [0.29, 0.717) is 18.4 Å². The lowest BCUT2D eigenvalue weighted by atomic mass is 9.89. The highest BCUT2D eigenvalue weighted by molar-refractivity contribution is 5.33. The summed E-state index contributed by atoms with van der Waals surface area (Å²) in [5, 5.41) is 0. The fraction of sp³-hybridized carbons (Fsp3) is 0.529. The molecule has 0 aromatic rings. The van der Waals surface area contributed by atoms with Gasteiger partial charge in [-0.3, -0.25) is 0 Å². The number of hydrogen-bond acceptors (Lipinski definition) is 2. The van der Waals surface area contributed by atoms with Crippen LogP contribution in [0.2, 0.25) is 0 Å². The Morgan fingerprint density at radius 1 is 1.21 bits per heavy atom. The van der Waals surface area contributed by atoms with Gasteiger partial charge in [0, 0.05) is 12.2 Å². The first-order valence-corrected chi connectivity index (χ1v) is 7.10. The van der Waals surface area contributed by atoms with Gasteiger partial charge in [0.15, 0.2) is 0 Å². The lowest BCUT2D eigenvalue weighted by Crippen LogP contribution is -2.12. The van der Waals surface area contributed by atoms with Crippen LogP contribution < -0.4 is 11.5 Å².